The van der Waals surface area contributed by atoms with E-state index in [1.165, 1.54) is 18.9 Å². The molecule has 0 bridgehead atoms. The fraction of sp³-hybridized carbons (Fsp3) is 0.318. The number of nitrogens with one attached hydrogen (secondary N) is 3. The monoisotopic (exact) mass is 467 g/mol. The summed E-state index contributed by atoms with van der Waals surface area (Å²) in [5, 5.41) is 15.2. The third-order valence-electron chi connectivity index (χ3n) is 5.30. The van der Waals surface area contributed by atoms with Gasteiger partial charge in [-0.25, -0.2) is 20.4 Å². The van der Waals surface area contributed by atoms with Crippen LogP contribution in [-0.2, 0) is 14.3 Å². The molecule has 3 heterocycles. The van der Waals surface area contributed by atoms with Gasteiger partial charge in [-0.1, -0.05) is 0 Å². The van der Waals surface area contributed by atoms with Gasteiger partial charge in [0, 0.05) is 55.3 Å². The van der Waals surface area contributed by atoms with Gasteiger partial charge >= 0.3 is 0 Å². The van der Waals surface area contributed by atoms with E-state index in [0.29, 0.717) is 47.2 Å². The molecule has 12 nitrogen and oxygen atoms in total. The summed E-state index contributed by atoms with van der Waals surface area (Å²) >= 11 is 0. The minimum Gasteiger partial charge on any atom is -0.494 e. The number of benzene rings is 1. The molecule has 178 valence electrons. The van der Waals surface area contributed by atoms with Crippen LogP contribution in [0.3, 0.4) is 0 Å². The number of amides is 2. The molecule has 1 aliphatic heterocycles. The maximum absolute atomic E-state index is 12.3. The van der Waals surface area contributed by atoms with Crippen LogP contribution in [0.2, 0.25) is 0 Å². The Balaban J connectivity index is 1.59. The molecule has 0 unspecified atom stereocenters. The molecule has 2 amide bonds. The van der Waals surface area contributed by atoms with Crippen molar-refractivity contribution < 1.29 is 24.3 Å². The molecule has 12 heteroatoms. The molecule has 4 rings (SSSR count). The number of ether oxygens (including phenoxy) is 2. The number of hydrogen-bond donors (Lipinski definition) is 4. The first kappa shape index (κ1) is 23.1. The summed E-state index contributed by atoms with van der Waals surface area (Å²) in [5.41, 5.74) is 3.54. The Morgan fingerprint density at radius 2 is 1.91 bits per heavy atom. The molecule has 3 aromatic rings. The Labute approximate surface area is 195 Å². The molecule has 0 atom stereocenters. The lowest BCUT2D eigenvalue weighted by atomic mass is 10.1. The number of pyridine rings is 1. The Kier molecular flexibility index (Phi) is 7.30. The van der Waals surface area contributed by atoms with Crippen molar-refractivity contribution in [1.29, 1.82) is 0 Å². The van der Waals surface area contributed by atoms with Crippen LogP contribution in [0.4, 0.5) is 23.0 Å². The van der Waals surface area contributed by atoms with E-state index in [2.05, 4.69) is 30.5 Å². The van der Waals surface area contributed by atoms with Crippen molar-refractivity contribution in [2.75, 3.05) is 48.9 Å². The van der Waals surface area contributed by atoms with Gasteiger partial charge in [0.15, 0.2) is 0 Å². The van der Waals surface area contributed by atoms with Crippen LogP contribution in [-0.4, -0.2) is 65.4 Å². The van der Waals surface area contributed by atoms with E-state index >= 15 is 0 Å². The van der Waals surface area contributed by atoms with Crippen LogP contribution in [0.5, 0.6) is 5.75 Å². The Morgan fingerprint density at radius 3 is 2.68 bits per heavy atom. The predicted molar refractivity (Wildman–Crippen MR) is 124 cm³/mol. The van der Waals surface area contributed by atoms with E-state index in [9.17, 15) is 9.59 Å². The summed E-state index contributed by atoms with van der Waals surface area (Å²) in [6.07, 6.45) is 2.90. The topological polar surface area (TPSA) is 151 Å². The lowest BCUT2D eigenvalue weighted by Gasteiger charge is -2.29. The van der Waals surface area contributed by atoms with E-state index in [-0.39, 0.29) is 12.8 Å². The molecule has 0 aliphatic carbocycles. The molecular formula is C22H25N7O5. The Bertz CT molecular complexity index is 1180. The van der Waals surface area contributed by atoms with Crippen LogP contribution < -0.4 is 25.8 Å². The highest BCUT2D eigenvalue weighted by Crippen LogP contribution is 2.33. The van der Waals surface area contributed by atoms with Gasteiger partial charge in [-0.05, 0) is 12.1 Å². The van der Waals surface area contributed by atoms with Gasteiger partial charge in [-0.15, -0.1) is 0 Å². The van der Waals surface area contributed by atoms with Gasteiger partial charge < -0.3 is 25.0 Å². The van der Waals surface area contributed by atoms with Gasteiger partial charge in [0.1, 0.15) is 23.7 Å². The largest absolute Gasteiger partial charge is 0.494 e. The van der Waals surface area contributed by atoms with Gasteiger partial charge in [0.05, 0.1) is 31.5 Å². The molecule has 1 saturated heterocycles. The summed E-state index contributed by atoms with van der Waals surface area (Å²) < 4.78 is 10.8. The second-order valence-electron chi connectivity index (χ2n) is 7.50. The standard InChI is InChI=1S/C22H25N7O5/c1-33-18-12-16-15(11-17(18)26-20(30)2-3-21(31)28-32)22(25-13-24-16)27-19-10-14(4-5-23-19)29-6-8-34-9-7-29/h4-5,10-13,32H,2-3,6-9H2,1H3,(H,26,30)(H,28,31)(H,23,24,25,27). The van der Waals surface area contributed by atoms with E-state index in [4.69, 9.17) is 14.7 Å². The number of morpholine rings is 1. The van der Waals surface area contributed by atoms with Crippen molar-refractivity contribution >= 4 is 45.7 Å². The SMILES string of the molecule is COc1cc2ncnc(Nc3cc(N4CCOCC4)ccn3)c2cc1NC(=O)CCC(=O)NO. The second-order valence-corrected chi connectivity index (χ2v) is 7.50. The fourth-order valence-corrected chi connectivity index (χ4v) is 3.57. The molecule has 0 saturated carbocycles. The molecule has 4 N–H and O–H groups in total. The first-order chi connectivity index (χ1) is 16.6. The van der Waals surface area contributed by atoms with Crippen molar-refractivity contribution in [3.8, 4) is 5.75 Å². The molecule has 1 fully saturated rings. The third kappa shape index (κ3) is 5.47. The lowest BCUT2D eigenvalue weighted by Crippen LogP contribution is -2.36. The fourth-order valence-electron chi connectivity index (χ4n) is 3.57. The molecule has 0 spiro atoms. The van der Waals surface area contributed by atoms with Crippen molar-refractivity contribution in [3.63, 3.8) is 0 Å². The zero-order valence-electron chi connectivity index (χ0n) is 18.6. The number of carbonyl (C=O) groups is 2. The Hall–Kier alpha value is -4.03. The average Bonchev–Trinajstić information content (AvgIpc) is 2.88. The number of hydroxylamine groups is 1. The summed E-state index contributed by atoms with van der Waals surface area (Å²) in [6, 6.07) is 7.28. The number of aromatic nitrogens is 3. The van der Waals surface area contributed by atoms with Gasteiger partial charge in [-0.3, -0.25) is 14.8 Å². The number of hydrogen-bond acceptors (Lipinski definition) is 10. The smallest absolute Gasteiger partial charge is 0.243 e. The summed E-state index contributed by atoms with van der Waals surface area (Å²) in [6.45, 7) is 2.98. The first-order valence-corrected chi connectivity index (χ1v) is 10.7. The quantitative estimate of drug-likeness (QED) is 0.285. The minimum atomic E-state index is -0.646. The third-order valence-corrected chi connectivity index (χ3v) is 5.30. The normalized spacial score (nSPS) is 13.4. The van der Waals surface area contributed by atoms with Crippen molar-refractivity contribution in [3.05, 3.63) is 36.8 Å². The molecule has 34 heavy (non-hydrogen) atoms. The number of methoxy groups -OCH3 is 1. The van der Waals surface area contributed by atoms with E-state index in [0.717, 1.165) is 18.8 Å². The molecular weight excluding hydrogens is 442 g/mol. The summed E-state index contributed by atoms with van der Waals surface area (Å²) in [5.74, 6) is 0.471. The second kappa shape index (κ2) is 10.7. The number of rotatable bonds is 8. The Morgan fingerprint density at radius 1 is 1.12 bits per heavy atom. The van der Waals surface area contributed by atoms with Crippen molar-refractivity contribution in [2.24, 2.45) is 0 Å². The van der Waals surface area contributed by atoms with E-state index in [1.807, 2.05) is 12.1 Å². The number of carbonyl (C=O) groups excluding carboxylic acids is 2. The maximum Gasteiger partial charge on any atom is 0.243 e. The summed E-state index contributed by atoms with van der Waals surface area (Å²) in [4.78, 5) is 38.8. The lowest BCUT2D eigenvalue weighted by molar-refractivity contribution is -0.131. The first-order valence-electron chi connectivity index (χ1n) is 10.7. The predicted octanol–water partition coefficient (Wildman–Crippen LogP) is 1.84. The highest BCUT2D eigenvalue weighted by molar-refractivity contribution is 6.00. The number of nitrogens with zero attached hydrogens (tertiary/aromatic N) is 4. The van der Waals surface area contributed by atoms with Gasteiger partial charge in [-0.2, -0.15) is 0 Å². The van der Waals surface area contributed by atoms with Gasteiger partial charge in [0.25, 0.3) is 0 Å². The summed E-state index contributed by atoms with van der Waals surface area (Å²) in [7, 11) is 1.48. The number of fused-ring (bicyclic) bond motifs is 1. The van der Waals surface area contributed by atoms with Crippen LogP contribution >= 0.6 is 0 Å². The number of anilines is 4. The van der Waals surface area contributed by atoms with Crippen molar-refractivity contribution in [2.45, 2.75) is 12.8 Å². The van der Waals surface area contributed by atoms with E-state index < -0.39 is 11.8 Å². The zero-order chi connectivity index (χ0) is 23.9. The van der Waals surface area contributed by atoms with E-state index in [1.54, 1.807) is 18.3 Å². The van der Waals surface area contributed by atoms with Crippen LogP contribution in [0, 0.1) is 0 Å². The molecule has 1 aromatic carbocycles. The van der Waals surface area contributed by atoms with Gasteiger partial charge in [0.2, 0.25) is 11.8 Å². The maximum atomic E-state index is 12.3. The van der Waals surface area contributed by atoms with Crippen LogP contribution in [0.1, 0.15) is 12.8 Å². The molecule has 0 radical (unpaired) electrons. The molecule has 1 aliphatic rings. The van der Waals surface area contributed by atoms with Crippen LogP contribution in [0.15, 0.2) is 36.8 Å². The average molecular weight is 467 g/mol. The highest BCUT2D eigenvalue weighted by Gasteiger charge is 2.15. The zero-order valence-corrected chi connectivity index (χ0v) is 18.6. The highest BCUT2D eigenvalue weighted by atomic mass is 16.5. The molecule has 2 aromatic heterocycles. The van der Waals surface area contributed by atoms with Crippen LogP contribution in [0.25, 0.3) is 10.9 Å². The van der Waals surface area contributed by atoms with Crippen molar-refractivity contribution in [1.82, 2.24) is 20.4 Å². The minimum absolute atomic E-state index is 0.109.